The van der Waals surface area contributed by atoms with E-state index in [1.165, 1.54) is 0 Å². The van der Waals surface area contributed by atoms with Crippen LogP contribution in [-0.4, -0.2) is 44.0 Å². The van der Waals surface area contributed by atoms with Crippen molar-refractivity contribution in [2.24, 2.45) is 0 Å². The molecule has 0 unspecified atom stereocenters. The number of nitrogens with one attached hydrogen (secondary N) is 2. The van der Waals surface area contributed by atoms with Crippen molar-refractivity contribution in [2.75, 3.05) is 38.2 Å². The molecule has 0 radical (unpaired) electrons. The van der Waals surface area contributed by atoms with Gasteiger partial charge < -0.3 is 21.3 Å². The van der Waals surface area contributed by atoms with Crippen LogP contribution in [0.5, 0.6) is 0 Å². The van der Waals surface area contributed by atoms with E-state index in [0.717, 1.165) is 25.2 Å². The summed E-state index contributed by atoms with van der Waals surface area (Å²) in [5.74, 6) is -0.123. The van der Waals surface area contributed by atoms with Gasteiger partial charge in [0.25, 0.3) is 5.91 Å². The van der Waals surface area contributed by atoms with E-state index in [9.17, 15) is 4.79 Å². The smallest absolute Gasteiger partial charge is 0.251 e. The lowest BCUT2D eigenvalue weighted by atomic mass is 10.1. The summed E-state index contributed by atoms with van der Waals surface area (Å²) in [6, 6.07) is 5.89. The van der Waals surface area contributed by atoms with E-state index >= 15 is 0 Å². The van der Waals surface area contributed by atoms with Crippen molar-refractivity contribution in [3.63, 3.8) is 0 Å². The van der Waals surface area contributed by atoms with Gasteiger partial charge in [-0.2, -0.15) is 0 Å². The zero-order chi connectivity index (χ0) is 15.1. The summed E-state index contributed by atoms with van der Waals surface area (Å²) < 4.78 is 0. The van der Waals surface area contributed by atoms with Gasteiger partial charge in [-0.25, -0.2) is 0 Å². The third kappa shape index (κ3) is 4.74. The van der Waals surface area contributed by atoms with Crippen LogP contribution >= 0.6 is 0 Å². The maximum atomic E-state index is 11.5. The van der Waals surface area contributed by atoms with Crippen molar-refractivity contribution in [3.8, 4) is 0 Å². The first-order chi connectivity index (χ1) is 9.45. The van der Waals surface area contributed by atoms with Gasteiger partial charge in [0.15, 0.2) is 0 Å². The lowest BCUT2D eigenvalue weighted by Crippen LogP contribution is -2.28. The fourth-order valence-corrected chi connectivity index (χ4v) is 1.82. The maximum Gasteiger partial charge on any atom is 0.251 e. The molecule has 4 N–H and O–H groups in total. The van der Waals surface area contributed by atoms with E-state index in [1.54, 1.807) is 19.2 Å². The fourth-order valence-electron chi connectivity index (χ4n) is 1.82. The van der Waals surface area contributed by atoms with Gasteiger partial charge in [-0.1, -0.05) is 0 Å². The monoisotopic (exact) mass is 278 g/mol. The SMILES string of the molecule is CNC(=O)c1ccc(NCCCN(C)C(C)C)c(N)c1. The van der Waals surface area contributed by atoms with E-state index in [1.807, 2.05) is 6.07 Å². The molecule has 0 saturated carbocycles. The van der Waals surface area contributed by atoms with Gasteiger partial charge in [-0.05, 0) is 52.1 Å². The van der Waals surface area contributed by atoms with Crippen LogP contribution in [0.25, 0.3) is 0 Å². The summed E-state index contributed by atoms with van der Waals surface area (Å²) in [5, 5.41) is 5.89. The first kappa shape index (κ1) is 16.3. The number of anilines is 2. The summed E-state index contributed by atoms with van der Waals surface area (Å²) >= 11 is 0. The highest BCUT2D eigenvalue weighted by molar-refractivity contribution is 5.95. The topological polar surface area (TPSA) is 70.4 Å². The molecular formula is C15H26N4O. The highest BCUT2D eigenvalue weighted by atomic mass is 16.1. The van der Waals surface area contributed by atoms with Crippen molar-refractivity contribution in [3.05, 3.63) is 23.8 Å². The molecule has 0 aromatic heterocycles. The van der Waals surface area contributed by atoms with Crippen LogP contribution in [0, 0.1) is 0 Å². The molecule has 1 rings (SSSR count). The molecule has 0 bridgehead atoms. The van der Waals surface area contributed by atoms with Crippen LogP contribution in [0.2, 0.25) is 0 Å². The molecule has 0 aliphatic carbocycles. The van der Waals surface area contributed by atoms with Gasteiger partial charge in [0.05, 0.1) is 11.4 Å². The Bertz CT molecular complexity index is 445. The lowest BCUT2D eigenvalue weighted by Gasteiger charge is -2.21. The van der Waals surface area contributed by atoms with E-state index in [-0.39, 0.29) is 5.91 Å². The molecule has 0 aliphatic rings. The molecule has 1 aromatic carbocycles. The van der Waals surface area contributed by atoms with Crippen LogP contribution in [0.15, 0.2) is 18.2 Å². The minimum Gasteiger partial charge on any atom is -0.397 e. The minimum absolute atomic E-state index is 0.123. The number of carbonyl (C=O) groups excluding carboxylic acids is 1. The predicted octanol–water partition coefficient (Wildman–Crippen LogP) is 1.77. The third-order valence-electron chi connectivity index (χ3n) is 3.43. The molecule has 1 amide bonds. The standard InChI is InChI=1S/C15H26N4O/c1-11(2)19(4)9-5-8-18-14-7-6-12(10-13(14)16)15(20)17-3/h6-7,10-11,18H,5,8-9,16H2,1-4H3,(H,17,20). The van der Waals surface area contributed by atoms with Crippen molar-refractivity contribution < 1.29 is 4.79 Å². The number of benzene rings is 1. The molecule has 0 heterocycles. The first-order valence-electron chi connectivity index (χ1n) is 7.01. The number of hydrogen-bond acceptors (Lipinski definition) is 4. The lowest BCUT2D eigenvalue weighted by molar-refractivity contribution is 0.0963. The molecule has 0 aliphatic heterocycles. The summed E-state index contributed by atoms with van der Waals surface area (Å²) in [4.78, 5) is 13.8. The van der Waals surface area contributed by atoms with Crippen molar-refractivity contribution in [1.82, 2.24) is 10.2 Å². The molecule has 0 fully saturated rings. The van der Waals surface area contributed by atoms with Crippen LogP contribution in [0.1, 0.15) is 30.6 Å². The normalized spacial score (nSPS) is 10.9. The number of nitrogen functional groups attached to an aromatic ring is 1. The largest absolute Gasteiger partial charge is 0.397 e. The fraction of sp³-hybridized carbons (Fsp3) is 0.533. The van der Waals surface area contributed by atoms with Crippen molar-refractivity contribution >= 4 is 17.3 Å². The summed E-state index contributed by atoms with van der Waals surface area (Å²) in [6.45, 7) is 6.27. The number of carbonyl (C=O) groups is 1. The van der Waals surface area contributed by atoms with Crippen LogP contribution in [-0.2, 0) is 0 Å². The molecule has 5 heteroatoms. The number of amides is 1. The molecular weight excluding hydrogens is 252 g/mol. The predicted molar refractivity (Wildman–Crippen MR) is 85.1 cm³/mol. The Morgan fingerprint density at radius 1 is 1.40 bits per heavy atom. The Hall–Kier alpha value is -1.75. The molecule has 112 valence electrons. The minimum atomic E-state index is -0.123. The Labute approximate surface area is 121 Å². The first-order valence-corrected chi connectivity index (χ1v) is 7.01. The average Bonchev–Trinajstić information content (AvgIpc) is 2.43. The second kappa shape index (κ2) is 7.75. The Morgan fingerprint density at radius 2 is 2.10 bits per heavy atom. The summed E-state index contributed by atoms with van der Waals surface area (Å²) in [6.07, 6.45) is 1.05. The van der Waals surface area contributed by atoms with Crippen molar-refractivity contribution in [1.29, 1.82) is 0 Å². The molecule has 0 atom stereocenters. The number of rotatable bonds is 7. The molecule has 1 aromatic rings. The Kier molecular flexibility index (Phi) is 6.31. The van der Waals surface area contributed by atoms with Crippen molar-refractivity contribution in [2.45, 2.75) is 26.3 Å². The number of nitrogens with two attached hydrogens (primary N) is 1. The molecule has 0 spiro atoms. The van der Waals surface area contributed by atoms with Crippen LogP contribution in [0.4, 0.5) is 11.4 Å². The van der Waals surface area contributed by atoms with Gasteiger partial charge in [0.1, 0.15) is 0 Å². The zero-order valence-electron chi connectivity index (χ0n) is 12.9. The summed E-state index contributed by atoms with van der Waals surface area (Å²) in [5.41, 5.74) is 8.01. The zero-order valence-corrected chi connectivity index (χ0v) is 12.9. The van der Waals surface area contributed by atoms with Gasteiger partial charge in [0, 0.05) is 25.2 Å². The maximum absolute atomic E-state index is 11.5. The highest BCUT2D eigenvalue weighted by Crippen LogP contribution is 2.19. The Balaban J connectivity index is 2.47. The quantitative estimate of drug-likeness (QED) is 0.525. The van der Waals surface area contributed by atoms with Gasteiger partial charge in [-0.15, -0.1) is 0 Å². The molecule has 0 saturated heterocycles. The third-order valence-corrected chi connectivity index (χ3v) is 3.43. The molecule has 20 heavy (non-hydrogen) atoms. The van der Waals surface area contributed by atoms with Gasteiger partial charge >= 0.3 is 0 Å². The van der Waals surface area contributed by atoms with Crippen LogP contribution in [0.3, 0.4) is 0 Å². The highest BCUT2D eigenvalue weighted by Gasteiger charge is 2.06. The van der Waals surface area contributed by atoms with E-state index < -0.39 is 0 Å². The van der Waals surface area contributed by atoms with E-state index in [4.69, 9.17) is 5.73 Å². The van der Waals surface area contributed by atoms with Crippen LogP contribution < -0.4 is 16.4 Å². The number of nitrogens with zero attached hydrogens (tertiary/aromatic N) is 1. The summed E-state index contributed by atoms with van der Waals surface area (Å²) in [7, 11) is 3.73. The van der Waals surface area contributed by atoms with E-state index in [0.29, 0.717) is 17.3 Å². The van der Waals surface area contributed by atoms with Gasteiger partial charge in [0.2, 0.25) is 0 Å². The molecule has 5 nitrogen and oxygen atoms in total. The Morgan fingerprint density at radius 3 is 2.65 bits per heavy atom. The second-order valence-electron chi connectivity index (χ2n) is 5.24. The van der Waals surface area contributed by atoms with Gasteiger partial charge in [-0.3, -0.25) is 4.79 Å². The average molecular weight is 278 g/mol. The number of hydrogen-bond donors (Lipinski definition) is 3. The second-order valence-corrected chi connectivity index (χ2v) is 5.24. The van der Waals surface area contributed by atoms with E-state index in [2.05, 4.69) is 36.4 Å².